The zero-order chi connectivity index (χ0) is 19.8. The highest BCUT2D eigenvalue weighted by Crippen LogP contribution is 2.26. The van der Waals surface area contributed by atoms with Gasteiger partial charge in [-0.3, -0.25) is 9.79 Å². The number of nitrogens with zero attached hydrogens (tertiary/aromatic N) is 1. The second-order valence-corrected chi connectivity index (χ2v) is 8.38. The number of esters is 1. The van der Waals surface area contributed by atoms with Crippen molar-refractivity contribution in [3.05, 3.63) is 65.2 Å². The molecule has 28 heavy (non-hydrogen) atoms. The van der Waals surface area contributed by atoms with E-state index in [1.165, 1.54) is 0 Å². The second-order valence-electron chi connectivity index (χ2n) is 6.08. The third kappa shape index (κ3) is 5.62. The van der Waals surface area contributed by atoms with Crippen molar-refractivity contribution < 1.29 is 14.3 Å². The van der Waals surface area contributed by atoms with Gasteiger partial charge >= 0.3 is 5.97 Å². The molecule has 0 saturated heterocycles. The molecule has 0 fully saturated rings. The molecular formula is C21H22N2O3S2. The number of hydrogen-bond donors (Lipinski definition) is 1. The quantitative estimate of drug-likeness (QED) is 0.681. The van der Waals surface area contributed by atoms with Crippen LogP contribution in [0.4, 0.5) is 5.69 Å². The lowest BCUT2D eigenvalue weighted by Crippen LogP contribution is -2.22. The van der Waals surface area contributed by atoms with Gasteiger partial charge in [-0.2, -0.15) is 0 Å². The predicted molar refractivity (Wildman–Crippen MR) is 117 cm³/mol. The monoisotopic (exact) mass is 414 g/mol. The van der Waals surface area contributed by atoms with E-state index in [9.17, 15) is 9.59 Å². The highest BCUT2D eigenvalue weighted by molar-refractivity contribution is 8.38. The number of anilines is 1. The molecule has 1 heterocycles. The smallest absolute Gasteiger partial charge is 0.338 e. The largest absolute Gasteiger partial charge is 0.452 e. The topological polar surface area (TPSA) is 67.8 Å². The number of carbonyl (C=O) groups is 2. The molecule has 0 radical (unpaired) electrons. The Kier molecular flexibility index (Phi) is 7.56. The summed E-state index contributed by atoms with van der Waals surface area (Å²) in [6, 6.07) is 14.9. The van der Waals surface area contributed by atoms with Crippen LogP contribution in [0.3, 0.4) is 0 Å². The molecule has 1 N–H and O–H groups in total. The maximum atomic E-state index is 12.5. The molecule has 1 amide bonds. The van der Waals surface area contributed by atoms with Crippen molar-refractivity contribution in [1.82, 2.24) is 0 Å². The van der Waals surface area contributed by atoms with Crippen LogP contribution >= 0.6 is 23.5 Å². The second kappa shape index (κ2) is 10.3. The molecule has 7 heteroatoms. The third-order valence-electron chi connectivity index (χ3n) is 4.15. The summed E-state index contributed by atoms with van der Waals surface area (Å²) < 4.78 is 6.31. The Morgan fingerprint density at radius 2 is 1.89 bits per heavy atom. The molecule has 2 aromatic carbocycles. The van der Waals surface area contributed by atoms with Crippen LogP contribution < -0.4 is 5.32 Å². The van der Waals surface area contributed by atoms with E-state index in [0.29, 0.717) is 11.3 Å². The number of aryl methyl sites for hydroxylation is 1. The van der Waals surface area contributed by atoms with Gasteiger partial charge in [0.15, 0.2) is 6.61 Å². The third-order valence-corrected chi connectivity index (χ3v) is 6.45. The van der Waals surface area contributed by atoms with Crippen molar-refractivity contribution in [3.63, 3.8) is 0 Å². The molecule has 0 aromatic heterocycles. The summed E-state index contributed by atoms with van der Waals surface area (Å²) >= 11 is 3.36. The summed E-state index contributed by atoms with van der Waals surface area (Å²) in [5, 5.41) is 2.81. The number of thioether (sulfide) groups is 2. The van der Waals surface area contributed by atoms with E-state index >= 15 is 0 Å². The fourth-order valence-electron chi connectivity index (χ4n) is 2.73. The summed E-state index contributed by atoms with van der Waals surface area (Å²) in [6.07, 6.45) is 0.810. The van der Waals surface area contributed by atoms with Gasteiger partial charge in [0.25, 0.3) is 5.91 Å². The lowest BCUT2D eigenvalue weighted by atomic mass is 10.1. The van der Waals surface area contributed by atoms with E-state index in [2.05, 4.69) is 10.3 Å². The number of ether oxygens (including phenoxy) is 1. The highest BCUT2D eigenvalue weighted by Gasteiger charge is 2.16. The van der Waals surface area contributed by atoms with Crippen molar-refractivity contribution in [2.75, 3.05) is 24.2 Å². The predicted octanol–water partition coefficient (Wildman–Crippen LogP) is 4.38. The van der Waals surface area contributed by atoms with Crippen molar-refractivity contribution in [1.29, 1.82) is 0 Å². The van der Waals surface area contributed by atoms with Crippen LogP contribution in [0.5, 0.6) is 0 Å². The van der Waals surface area contributed by atoms with Crippen molar-refractivity contribution in [3.8, 4) is 0 Å². The molecule has 0 spiro atoms. The minimum absolute atomic E-state index is 0.319. The molecule has 0 aliphatic carbocycles. The van der Waals surface area contributed by atoms with Crippen molar-refractivity contribution in [2.24, 2.45) is 4.99 Å². The van der Waals surface area contributed by atoms with E-state index < -0.39 is 5.97 Å². The number of aliphatic imine (C=N–C) groups is 1. The van der Waals surface area contributed by atoms with Crippen LogP contribution in [0.25, 0.3) is 0 Å². The van der Waals surface area contributed by atoms with Crippen molar-refractivity contribution >= 4 is 45.5 Å². The Morgan fingerprint density at radius 1 is 1.14 bits per heavy atom. The van der Waals surface area contributed by atoms with Gasteiger partial charge in [-0.1, -0.05) is 66.8 Å². The molecule has 2 aromatic rings. The Bertz CT molecular complexity index is 883. The first-order chi connectivity index (χ1) is 13.7. The van der Waals surface area contributed by atoms with E-state index in [1.807, 2.05) is 43.3 Å². The van der Waals surface area contributed by atoms with E-state index in [0.717, 1.165) is 39.9 Å². The average Bonchev–Trinajstić information content (AvgIpc) is 3.25. The summed E-state index contributed by atoms with van der Waals surface area (Å²) in [7, 11) is 0. The highest BCUT2D eigenvalue weighted by atomic mass is 32.2. The summed E-state index contributed by atoms with van der Waals surface area (Å²) in [4.78, 5) is 29.1. The van der Waals surface area contributed by atoms with Gasteiger partial charge in [0, 0.05) is 17.2 Å². The number of nitrogens with one attached hydrogen (secondary N) is 1. The van der Waals surface area contributed by atoms with Crippen LogP contribution in [-0.2, 0) is 21.7 Å². The molecule has 5 nitrogen and oxygen atoms in total. The maximum absolute atomic E-state index is 12.5. The Morgan fingerprint density at radius 3 is 2.64 bits per heavy atom. The molecular weight excluding hydrogens is 392 g/mol. The average molecular weight is 415 g/mol. The van der Waals surface area contributed by atoms with Crippen LogP contribution in [0, 0.1) is 0 Å². The molecule has 3 rings (SSSR count). The number of carbonyl (C=O) groups excluding carboxylic acids is 2. The molecule has 0 unspecified atom stereocenters. The molecule has 146 valence electrons. The Labute approximate surface area is 173 Å². The number of hydrogen-bond acceptors (Lipinski definition) is 6. The van der Waals surface area contributed by atoms with Gasteiger partial charge < -0.3 is 10.1 Å². The fourth-order valence-corrected chi connectivity index (χ4v) is 4.75. The van der Waals surface area contributed by atoms with Gasteiger partial charge in [0.05, 0.1) is 12.1 Å². The molecule has 0 bridgehead atoms. The van der Waals surface area contributed by atoms with Crippen LogP contribution in [-0.4, -0.2) is 35.2 Å². The van der Waals surface area contributed by atoms with Gasteiger partial charge in [0.2, 0.25) is 0 Å². The summed E-state index contributed by atoms with van der Waals surface area (Å²) in [6.45, 7) is 2.56. The summed E-state index contributed by atoms with van der Waals surface area (Å²) in [5.74, 6) is 0.823. The Balaban J connectivity index is 1.56. The van der Waals surface area contributed by atoms with Crippen molar-refractivity contribution in [2.45, 2.75) is 19.1 Å². The van der Waals surface area contributed by atoms with Gasteiger partial charge in [0.1, 0.15) is 4.38 Å². The van der Waals surface area contributed by atoms with E-state index in [1.54, 1.807) is 35.7 Å². The standard InChI is InChI=1S/C21H22N2O3S2/c1-2-15-7-4-6-10-18(15)23-19(24)13-26-20(25)17-9-5-3-8-16(17)14-28-21-22-11-12-27-21/h3-10H,2,11-14H2,1H3,(H,23,24). The van der Waals surface area contributed by atoms with E-state index in [4.69, 9.17) is 4.74 Å². The van der Waals surface area contributed by atoms with Crippen LogP contribution in [0.1, 0.15) is 28.4 Å². The Hall–Kier alpha value is -2.25. The maximum Gasteiger partial charge on any atom is 0.338 e. The minimum Gasteiger partial charge on any atom is -0.452 e. The van der Waals surface area contributed by atoms with Gasteiger partial charge in [-0.05, 0) is 29.7 Å². The van der Waals surface area contributed by atoms with Crippen LogP contribution in [0.2, 0.25) is 0 Å². The number of rotatable bonds is 7. The van der Waals surface area contributed by atoms with Gasteiger partial charge in [-0.25, -0.2) is 4.79 Å². The SMILES string of the molecule is CCc1ccccc1NC(=O)COC(=O)c1ccccc1CSC1=NCCS1. The molecule has 1 aliphatic rings. The number of benzene rings is 2. The zero-order valence-corrected chi connectivity index (χ0v) is 17.3. The zero-order valence-electron chi connectivity index (χ0n) is 15.6. The number of amides is 1. The molecule has 1 aliphatic heterocycles. The molecule has 0 saturated carbocycles. The normalized spacial score (nSPS) is 13.1. The lowest BCUT2D eigenvalue weighted by molar-refractivity contribution is -0.119. The first-order valence-electron chi connectivity index (χ1n) is 9.10. The first-order valence-corrected chi connectivity index (χ1v) is 11.1. The number of para-hydroxylation sites is 1. The minimum atomic E-state index is -0.490. The first kappa shape index (κ1) is 20.5. The van der Waals surface area contributed by atoms with Gasteiger partial charge in [-0.15, -0.1) is 0 Å². The fraction of sp³-hybridized carbons (Fsp3) is 0.286. The molecule has 0 atom stereocenters. The lowest BCUT2D eigenvalue weighted by Gasteiger charge is -2.11. The summed E-state index contributed by atoms with van der Waals surface area (Å²) in [5.41, 5.74) is 3.15. The van der Waals surface area contributed by atoms with E-state index in [-0.39, 0.29) is 12.5 Å². The van der Waals surface area contributed by atoms with Crippen LogP contribution in [0.15, 0.2) is 53.5 Å².